The number of hydrogen-bond acceptors (Lipinski definition) is 5. The Hall–Kier alpha value is -2.61. The lowest BCUT2D eigenvalue weighted by atomic mass is 10.3. The van der Waals surface area contributed by atoms with Crippen LogP contribution in [-0.4, -0.2) is 39.7 Å². The molecule has 122 valence electrons. The van der Waals surface area contributed by atoms with E-state index in [1.54, 1.807) is 25.4 Å². The zero-order chi connectivity index (χ0) is 16.4. The van der Waals surface area contributed by atoms with Crippen molar-refractivity contribution < 1.29 is 19.1 Å². The van der Waals surface area contributed by atoms with Crippen LogP contribution < -0.4 is 5.32 Å². The van der Waals surface area contributed by atoms with Crippen LogP contribution in [0.4, 0.5) is 0 Å². The first kappa shape index (κ1) is 15.3. The van der Waals surface area contributed by atoms with Gasteiger partial charge in [0.25, 0.3) is 5.91 Å². The Morgan fingerprint density at radius 2 is 2.17 bits per heavy atom. The first-order valence-corrected chi connectivity index (χ1v) is 7.25. The summed E-state index contributed by atoms with van der Waals surface area (Å²) in [5, 5.41) is 2.85. The van der Waals surface area contributed by atoms with Gasteiger partial charge in [-0.25, -0.2) is 9.78 Å². The van der Waals surface area contributed by atoms with Crippen LogP contribution >= 0.6 is 0 Å². The molecule has 2 aromatic heterocycles. The molecule has 1 aliphatic heterocycles. The Balaban J connectivity index is 1.69. The summed E-state index contributed by atoms with van der Waals surface area (Å²) in [6.45, 7) is 2.24. The molecule has 8 nitrogen and oxygen atoms in total. The molecule has 0 spiro atoms. The number of rotatable bonds is 4. The number of nitrogens with one attached hydrogen (secondary N) is 1. The molecule has 8 heteroatoms. The van der Waals surface area contributed by atoms with Crippen molar-refractivity contribution in [1.82, 2.24) is 19.4 Å². The van der Waals surface area contributed by atoms with Gasteiger partial charge in [0.2, 0.25) is 0 Å². The molecular formula is C15H18N4O4. The molecule has 23 heavy (non-hydrogen) atoms. The maximum absolute atomic E-state index is 12.3. The molecule has 0 fully saturated rings. The van der Waals surface area contributed by atoms with Crippen LogP contribution in [0, 0.1) is 0 Å². The summed E-state index contributed by atoms with van der Waals surface area (Å²) < 4.78 is 13.6. The second kappa shape index (κ2) is 6.25. The number of ether oxygens (including phenoxy) is 2. The molecule has 1 N–H and O–H groups in total. The number of nitrogens with zero attached hydrogens (tertiary/aromatic N) is 3. The normalized spacial score (nSPS) is 13.5. The van der Waals surface area contributed by atoms with Crippen molar-refractivity contribution >= 4 is 11.9 Å². The molecule has 3 rings (SSSR count). The zero-order valence-corrected chi connectivity index (χ0v) is 13.0. The maximum atomic E-state index is 12.3. The van der Waals surface area contributed by atoms with Gasteiger partial charge in [-0.2, -0.15) is 0 Å². The number of imidazole rings is 1. The van der Waals surface area contributed by atoms with E-state index in [0.29, 0.717) is 31.1 Å². The molecule has 1 aliphatic rings. The summed E-state index contributed by atoms with van der Waals surface area (Å²) in [5.74, 6) is 0.133. The van der Waals surface area contributed by atoms with Crippen LogP contribution in [0.2, 0.25) is 0 Å². The molecule has 0 aromatic carbocycles. The lowest BCUT2D eigenvalue weighted by Crippen LogP contribution is -2.28. The molecule has 0 saturated carbocycles. The molecule has 0 bridgehead atoms. The zero-order valence-electron chi connectivity index (χ0n) is 13.0. The fraction of sp³-hybridized carbons (Fsp3) is 0.400. The summed E-state index contributed by atoms with van der Waals surface area (Å²) in [5.41, 5.74) is 1.66. The number of carbonyl (C=O) groups excluding carboxylic acids is 2. The third kappa shape index (κ3) is 2.85. The third-order valence-electron chi connectivity index (χ3n) is 3.89. The van der Waals surface area contributed by atoms with E-state index in [2.05, 4.69) is 19.6 Å². The minimum atomic E-state index is -0.476. The average Bonchev–Trinajstić information content (AvgIpc) is 3.15. The van der Waals surface area contributed by atoms with Crippen molar-refractivity contribution in [2.24, 2.45) is 7.05 Å². The largest absolute Gasteiger partial charge is 0.464 e. The van der Waals surface area contributed by atoms with E-state index in [1.165, 1.54) is 11.7 Å². The predicted molar refractivity (Wildman–Crippen MR) is 79.8 cm³/mol. The van der Waals surface area contributed by atoms with Crippen LogP contribution in [0.1, 0.15) is 32.5 Å². The molecule has 0 atom stereocenters. The average molecular weight is 318 g/mol. The summed E-state index contributed by atoms with van der Waals surface area (Å²) in [7, 11) is 2.96. The van der Waals surface area contributed by atoms with Gasteiger partial charge in [0.05, 0.1) is 32.2 Å². The van der Waals surface area contributed by atoms with Crippen molar-refractivity contribution in [2.75, 3.05) is 13.7 Å². The highest BCUT2D eigenvalue weighted by molar-refractivity contribution is 5.96. The van der Waals surface area contributed by atoms with E-state index in [0.717, 1.165) is 18.1 Å². The van der Waals surface area contributed by atoms with Gasteiger partial charge >= 0.3 is 5.97 Å². The Morgan fingerprint density at radius 1 is 1.39 bits per heavy atom. The number of fused-ring (bicyclic) bond motifs is 1. The van der Waals surface area contributed by atoms with Gasteiger partial charge in [0.1, 0.15) is 23.8 Å². The molecule has 0 aliphatic carbocycles. The Bertz CT molecular complexity index is 747. The van der Waals surface area contributed by atoms with Crippen molar-refractivity contribution in [3.05, 3.63) is 41.2 Å². The van der Waals surface area contributed by atoms with Gasteiger partial charge < -0.3 is 23.9 Å². The number of amides is 1. The maximum Gasteiger partial charge on any atom is 0.354 e. The second-order valence-corrected chi connectivity index (χ2v) is 5.21. The van der Waals surface area contributed by atoms with Gasteiger partial charge in [-0.15, -0.1) is 0 Å². The minimum absolute atomic E-state index is 0.259. The third-order valence-corrected chi connectivity index (χ3v) is 3.89. The molecular weight excluding hydrogens is 300 g/mol. The van der Waals surface area contributed by atoms with Gasteiger partial charge in [-0.3, -0.25) is 4.79 Å². The van der Waals surface area contributed by atoms with E-state index in [-0.39, 0.29) is 5.91 Å². The molecule has 2 aromatic rings. The topological polar surface area (TPSA) is 87.4 Å². The fourth-order valence-corrected chi connectivity index (χ4v) is 2.61. The Labute approximate surface area is 133 Å². The highest BCUT2D eigenvalue weighted by Crippen LogP contribution is 2.12. The van der Waals surface area contributed by atoms with E-state index >= 15 is 0 Å². The Morgan fingerprint density at radius 3 is 2.96 bits per heavy atom. The van der Waals surface area contributed by atoms with Gasteiger partial charge in [-0.05, 0) is 12.1 Å². The smallest absolute Gasteiger partial charge is 0.354 e. The van der Waals surface area contributed by atoms with Crippen molar-refractivity contribution in [2.45, 2.75) is 19.7 Å². The monoisotopic (exact) mass is 318 g/mol. The lowest BCUT2D eigenvalue weighted by molar-refractivity contribution is 0.0590. The Kier molecular flexibility index (Phi) is 4.16. The lowest BCUT2D eigenvalue weighted by Gasteiger charge is -2.17. The minimum Gasteiger partial charge on any atom is -0.464 e. The number of carbonyl (C=O) groups is 2. The van der Waals surface area contributed by atoms with E-state index in [1.807, 2.05) is 0 Å². The summed E-state index contributed by atoms with van der Waals surface area (Å²) in [4.78, 5) is 28.2. The van der Waals surface area contributed by atoms with Crippen LogP contribution in [-0.2, 0) is 36.2 Å². The van der Waals surface area contributed by atoms with Crippen LogP contribution in [0.3, 0.4) is 0 Å². The SMILES string of the molecule is COC(=O)c1ccc(C(=O)NCc2cnc3n2CCOC3)n1C. The first-order chi connectivity index (χ1) is 11.1. The first-order valence-electron chi connectivity index (χ1n) is 7.25. The molecule has 1 amide bonds. The van der Waals surface area contributed by atoms with Crippen molar-refractivity contribution in [3.8, 4) is 0 Å². The molecule has 0 saturated heterocycles. The van der Waals surface area contributed by atoms with Crippen molar-refractivity contribution in [1.29, 1.82) is 0 Å². The highest BCUT2D eigenvalue weighted by Gasteiger charge is 2.19. The fourth-order valence-electron chi connectivity index (χ4n) is 2.61. The predicted octanol–water partition coefficient (Wildman–Crippen LogP) is 0.468. The van der Waals surface area contributed by atoms with Crippen LogP contribution in [0.25, 0.3) is 0 Å². The van der Waals surface area contributed by atoms with Crippen LogP contribution in [0.15, 0.2) is 18.3 Å². The second-order valence-electron chi connectivity index (χ2n) is 5.21. The number of esters is 1. The number of aromatic nitrogens is 3. The summed E-state index contributed by atoms with van der Waals surface area (Å²) in [6, 6.07) is 3.17. The molecule has 3 heterocycles. The van der Waals surface area contributed by atoms with Gasteiger partial charge in [0.15, 0.2) is 0 Å². The highest BCUT2D eigenvalue weighted by atomic mass is 16.5. The van der Waals surface area contributed by atoms with Crippen LogP contribution in [0.5, 0.6) is 0 Å². The summed E-state index contributed by atoms with van der Waals surface area (Å²) in [6.07, 6.45) is 1.75. The van der Waals surface area contributed by atoms with Gasteiger partial charge in [-0.1, -0.05) is 0 Å². The van der Waals surface area contributed by atoms with Gasteiger partial charge in [0, 0.05) is 13.6 Å². The number of methoxy groups -OCH3 is 1. The quantitative estimate of drug-likeness (QED) is 0.828. The van der Waals surface area contributed by atoms with E-state index in [4.69, 9.17) is 4.74 Å². The standard InChI is InChI=1S/C15H18N4O4/c1-18-11(3-4-12(18)15(21)22-2)14(20)17-8-10-7-16-13-9-23-6-5-19(10)13/h3-4,7H,5-6,8-9H2,1-2H3,(H,17,20). The molecule has 0 unspecified atom stereocenters. The number of hydrogen-bond donors (Lipinski definition) is 1. The summed E-state index contributed by atoms with van der Waals surface area (Å²) >= 11 is 0. The molecule has 0 radical (unpaired) electrons. The van der Waals surface area contributed by atoms with Crippen molar-refractivity contribution in [3.63, 3.8) is 0 Å². The van der Waals surface area contributed by atoms with E-state index < -0.39 is 5.97 Å². The van der Waals surface area contributed by atoms with E-state index in [9.17, 15) is 9.59 Å².